The van der Waals surface area contributed by atoms with Crippen LogP contribution in [0.4, 0.5) is 0 Å². The van der Waals surface area contributed by atoms with Crippen LogP contribution in [0.5, 0.6) is 0 Å². The van der Waals surface area contributed by atoms with E-state index in [1.165, 1.54) is 11.3 Å². The fraction of sp³-hybridized carbons (Fsp3) is 0.643. The molecule has 4 heteroatoms. The van der Waals surface area contributed by atoms with E-state index < -0.39 is 0 Å². The molecular weight excluding hydrogens is 244 g/mol. The standard InChI is InChI=1S/C14H22N2OS/c1-10(2)11-8-15-14(3,4)9-16(11)13(17)12-6-5-7-18-12/h5-7,10-11,15H,8-9H2,1-4H3. The van der Waals surface area contributed by atoms with Crippen LogP contribution < -0.4 is 5.32 Å². The summed E-state index contributed by atoms with van der Waals surface area (Å²) in [7, 11) is 0. The second kappa shape index (κ2) is 5.02. The van der Waals surface area contributed by atoms with Crippen molar-refractivity contribution >= 4 is 17.2 Å². The van der Waals surface area contributed by atoms with Gasteiger partial charge in [0.1, 0.15) is 0 Å². The fourth-order valence-electron chi connectivity index (χ4n) is 2.45. The van der Waals surface area contributed by atoms with Crippen molar-refractivity contribution < 1.29 is 4.79 Å². The van der Waals surface area contributed by atoms with Gasteiger partial charge in [-0.2, -0.15) is 0 Å². The molecule has 0 saturated carbocycles. The van der Waals surface area contributed by atoms with Crippen LogP contribution in [-0.4, -0.2) is 35.5 Å². The van der Waals surface area contributed by atoms with Crippen molar-refractivity contribution in [1.82, 2.24) is 10.2 Å². The van der Waals surface area contributed by atoms with Crippen LogP contribution in [0.3, 0.4) is 0 Å². The number of amides is 1. The highest BCUT2D eigenvalue weighted by molar-refractivity contribution is 7.12. The summed E-state index contributed by atoms with van der Waals surface area (Å²) < 4.78 is 0. The predicted molar refractivity (Wildman–Crippen MR) is 76.1 cm³/mol. The molecule has 0 bridgehead atoms. The van der Waals surface area contributed by atoms with Crippen molar-refractivity contribution in [2.24, 2.45) is 5.92 Å². The number of carbonyl (C=O) groups is 1. The van der Waals surface area contributed by atoms with Gasteiger partial charge in [0.2, 0.25) is 0 Å². The third-order valence-corrected chi connectivity index (χ3v) is 4.38. The molecule has 100 valence electrons. The van der Waals surface area contributed by atoms with Crippen molar-refractivity contribution in [3.05, 3.63) is 22.4 Å². The second-order valence-electron chi connectivity index (χ2n) is 5.99. The molecule has 0 aromatic carbocycles. The molecule has 0 aliphatic carbocycles. The highest BCUT2D eigenvalue weighted by atomic mass is 32.1. The molecule has 2 heterocycles. The Bertz CT molecular complexity index is 411. The molecular formula is C14H22N2OS. The van der Waals surface area contributed by atoms with Gasteiger partial charge in [0, 0.05) is 24.7 Å². The molecule has 1 aliphatic rings. The third-order valence-electron chi connectivity index (χ3n) is 3.52. The van der Waals surface area contributed by atoms with E-state index in [4.69, 9.17) is 0 Å². The molecule has 1 fully saturated rings. The fourth-order valence-corrected chi connectivity index (χ4v) is 3.13. The second-order valence-corrected chi connectivity index (χ2v) is 6.93. The average Bonchev–Trinajstić information content (AvgIpc) is 2.79. The van der Waals surface area contributed by atoms with Crippen molar-refractivity contribution in [2.45, 2.75) is 39.3 Å². The first-order valence-corrected chi connectivity index (χ1v) is 7.38. The average molecular weight is 266 g/mol. The number of piperazine rings is 1. The lowest BCUT2D eigenvalue weighted by Crippen LogP contribution is -2.64. The van der Waals surface area contributed by atoms with Gasteiger partial charge in [-0.3, -0.25) is 4.79 Å². The molecule has 1 aromatic heterocycles. The molecule has 1 unspecified atom stereocenters. The summed E-state index contributed by atoms with van der Waals surface area (Å²) in [5.41, 5.74) is -0.00168. The Morgan fingerprint density at radius 3 is 2.83 bits per heavy atom. The first-order valence-electron chi connectivity index (χ1n) is 6.50. The number of nitrogens with one attached hydrogen (secondary N) is 1. The summed E-state index contributed by atoms with van der Waals surface area (Å²) in [4.78, 5) is 15.5. The summed E-state index contributed by atoms with van der Waals surface area (Å²) >= 11 is 1.53. The third kappa shape index (κ3) is 2.75. The van der Waals surface area contributed by atoms with Crippen molar-refractivity contribution in [3.8, 4) is 0 Å². The SMILES string of the molecule is CC(C)C1CNC(C)(C)CN1C(=O)c1cccs1. The van der Waals surface area contributed by atoms with Gasteiger partial charge in [0.15, 0.2) is 0 Å². The largest absolute Gasteiger partial charge is 0.332 e. The van der Waals surface area contributed by atoms with Gasteiger partial charge in [-0.25, -0.2) is 0 Å². The lowest BCUT2D eigenvalue weighted by Gasteiger charge is -2.46. The van der Waals surface area contributed by atoms with E-state index in [1.54, 1.807) is 0 Å². The van der Waals surface area contributed by atoms with Gasteiger partial charge >= 0.3 is 0 Å². The summed E-state index contributed by atoms with van der Waals surface area (Å²) in [6.45, 7) is 10.3. The lowest BCUT2D eigenvalue weighted by molar-refractivity contribution is 0.0422. The van der Waals surface area contributed by atoms with Crippen LogP contribution in [0, 0.1) is 5.92 Å². The summed E-state index contributed by atoms with van der Waals surface area (Å²) in [5, 5.41) is 5.49. The number of carbonyl (C=O) groups excluding carboxylic acids is 1. The van der Waals surface area contributed by atoms with Crippen LogP contribution in [0.2, 0.25) is 0 Å². The van der Waals surface area contributed by atoms with E-state index in [2.05, 4.69) is 33.0 Å². The van der Waals surface area contributed by atoms with Crippen molar-refractivity contribution in [3.63, 3.8) is 0 Å². The Labute approximate surface area is 113 Å². The highest BCUT2D eigenvalue weighted by Gasteiger charge is 2.37. The molecule has 1 aliphatic heterocycles. The Morgan fingerprint density at radius 1 is 1.56 bits per heavy atom. The molecule has 2 rings (SSSR count). The van der Waals surface area contributed by atoms with Gasteiger partial charge < -0.3 is 10.2 Å². The molecule has 18 heavy (non-hydrogen) atoms. The van der Waals surface area contributed by atoms with Crippen LogP contribution >= 0.6 is 11.3 Å². The normalized spacial score (nSPS) is 23.4. The zero-order valence-electron chi connectivity index (χ0n) is 11.6. The molecule has 1 N–H and O–H groups in total. The zero-order valence-corrected chi connectivity index (χ0v) is 12.4. The van der Waals surface area contributed by atoms with E-state index in [0.717, 1.165) is 18.0 Å². The van der Waals surface area contributed by atoms with E-state index in [9.17, 15) is 4.79 Å². The number of nitrogens with zero attached hydrogens (tertiary/aromatic N) is 1. The number of thiophene rings is 1. The molecule has 1 amide bonds. The quantitative estimate of drug-likeness (QED) is 0.892. The maximum Gasteiger partial charge on any atom is 0.264 e. The molecule has 0 spiro atoms. The van der Waals surface area contributed by atoms with Gasteiger partial charge in [0.25, 0.3) is 5.91 Å². The topological polar surface area (TPSA) is 32.3 Å². The van der Waals surface area contributed by atoms with Crippen molar-refractivity contribution in [1.29, 1.82) is 0 Å². The smallest absolute Gasteiger partial charge is 0.264 e. The number of hydrogen-bond acceptors (Lipinski definition) is 3. The molecule has 0 radical (unpaired) electrons. The predicted octanol–water partition coefficient (Wildman–Crippen LogP) is 2.60. The highest BCUT2D eigenvalue weighted by Crippen LogP contribution is 2.23. The van der Waals surface area contributed by atoms with E-state index in [0.29, 0.717) is 5.92 Å². The molecule has 1 saturated heterocycles. The Morgan fingerprint density at radius 2 is 2.28 bits per heavy atom. The first kappa shape index (κ1) is 13.6. The van der Waals surface area contributed by atoms with E-state index >= 15 is 0 Å². The van der Waals surface area contributed by atoms with E-state index in [1.807, 2.05) is 22.4 Å². The molecule has 1 atom stereocenters. The summed E-state index contributed by atoms with van der Waals surface area (Å²) in [6.07, 6.45) is 0. The van der Waals surface area contributed by atoms with Gasteiger partial charge in [-0.15, -0.1) is 11.3 Å². The van der Waals surface area contributed by atoms with Crippen LogP contribution in [0.15, 0.2) is 17.5 Å². The van der Waals surface area contributed by atoms with Gasteiger partial charge in [-0.1, -0.05) is 19.9 Å². The van der Waals surface area contributed by atoms with Crippen molar-refractivity contribution in [2.75, 3.05) is 13.1 Å². The summed E-state index contributed by atoms with van der Waals surface area (Å²) in [5.74, 6) is 0.649. The number of rotatable bonds is 2. The van der Waals surface area contributed by atoms with Gasteiger partial charge in [0.05, 0.1) is 4.88 Å². The molecule has 3 nitrogen and oxygen atoms in total. The van der Waals surface area contributed by atoms with Crippen LogP contribution in [-0.2, 0) is 0 Å². The minimum absolute atomic E-state index is 0.00168. The maximum absolute atomic E-state index is 12.6. The number of hydrogen-bond donors (Lipinski definition) is 1. The first-order chi connectivity index (χ1) is 8.41. The molecule has 1 aromatic rings. The Kier molecular flexibility index (Phi) is 3.78. The minimum atomic E-state index is -0.00168. The van der Waals surface area contributed by atoms with Crippen LogP contribution in [0.25, 0.3) is 0 Å². The van der Waals surface area contributed by atoms with Crippen LogP contribution in [0.1, 0.15) is 37.4 Å². The lowest BCUT2D eigenvalue weighted by atomic mass is 9.93. The summed E-state index contributed by atoms with van der Waals surface area (Å²) in [6, 6.07) is 4.14. The maximum atomic E-state index is 12.6. The zero-order chi connectivity index (χ0) is 13.3. The van der Waals surface area contributed by atoms with Gasteiger partial charge in [-0.05, 0) is 31.2 Å². The Balaban J connectivity index is 2.22. The minimum Gasteiger partial charge on any atom is -0.332 e. The monoisotopic (exact) mass is 266 g/mol. The Hall–Kier alpha value is -0.870. The van der Waals surface area contributed by atoms with E-state index in [-0.39, 0.29) is 17.5 Å².